The Hall–Kier alpha value is -1.40. The largest absolute Gasteiger partial charge is 0.305 e. The van der Waals surface area contributed by atoms with E-state index in [9.17, 15) is 13.2 Å². The summed E-state index contributed by atoms with van der Waals surface area (Å²) in [5, 5.41) is 0. The fraction of sp³-hybridized carbons (Fsp3) is 0.462. The van der Waals surface area contributed by atoms with E-state index in [0.717, 1.165) is 16.3 Å². The van der Waals surface area contributed by atoms with E-state index in [1.165, 1.54) is 0 Å². The van der Waals surface area contributed by atoms with Crippen LogP contribution < -0.4 is 4.72 Å². The van der Waals surface area contributed by atoms with Crippen LogP contribution in [0.5, 0.6) is 0 Å². The minimum atomic E-state index is -3.73. The van der Waals surface area contributed by atoms with Crippen molar-refractivity contribution in [2.24, 2.45) is 0 Å². The number of carbonyl (C=O) groups excluding carboxylic acids is 1. The van der Waals surface area contributed by atoms with Crippen molar-refractivity contribution < 1.29 is 13.2 Å². The molecule has 1 aromatic carbocycles. The van der Waals surface area contributed by atoms with Crippen molar-refractivity contribution in [3.05, 3.63) is 35.9 Å². The van der Waals surface area contributed by atoms with E-state index in [2.05, 4.69) is 4.72 Å². The zero-order valence-corrected chi connectivity index (χ0v) is 11.9. The standard InChI is InChI=1S/C13H18N2O3S/c1-3-9-13(2)12(16)15(19(17,18)14-13)10-11-7-5-4-6-8-11/h4-8,14H,3,9-10H2,1-2H3. The summed E-state index contributed by atoms with van der Waals surface area (Å²) in [6.07, 6.45) is 1.24. The molecule has 1 heterocycles. The van der Waals surface area contributed by atoms with Gasteiger partial charge in [0.15, 0.2) is 0 Å². The van der Waals surface area contributed by atoms with E-state index in [1.54, 1.807) is 19.1 Å². The van der Waals surface area contributed by atoms with Crippen molar-refractivity contribution in [2.75, 3.05) is 0 Å². The summed E-state index contributed by atoms with van der Waals surface area (Å²) in [5.41, 5.74) is -0.218. The molecular weight excluding hydrogens is 264 g/mol. The zero-order valence-electron chi connectivity index (χ0n) is 11.1. The molecule has 0 aliphatic carbocycles. The third-order valence-electron chi connectivity index (χ3n) is 3.26. The van der Waals surface area contributed by atoms with Gasteiger partial charge < -0.3 is 0 Å². The molecule has 1 saturated heterocycles. The van der Waals surface area contributed by atoms with Gasteiger partial charge in [0.1, 0.15) is 5.54 Å². The van der Waals surface area contributed by atoms with Crippen molar-refractivity contribution in [1.29, 1.82) is 0 Å². The number of hydrogen-bond donors (Lipinski definition) is 1. The first-order valence-corrected chi connectivity index (χ1v) is 7.73. The van der Waals surface area contributed by atoms with Gasteiger partial charge in [0.25, 0.3) is 5.91 Å². The summed E-state index contributed by atoms with van der Waals surface area (Å²) >= 11 is 0. The second kappa shape index (κ2) is 4.94. The predicted molar refractivity (Wildman–Crippen MR) is 72.4 cm³/mol. The van der Waals surface area contributed by atoms with Crippen molar-refractivity contribution in [3.8, 4) is 0 Å². The molecule has 104 valence electrons. The number of benzene rings is 1. The first kappa shape index (κ1) is 14.0. The lowest BCUT2D eigenvalue weighted by Crippen LogP contribution is -2.43. The fourth-order valence-corrected chi connectivity index (χ4v) is 3.94. The maximum absolute atomic E-state index is 12.3. The molecule has 1 N–H and O–H groups in total. The van der Waals surface area contributed by atoms with Gasteiger partial charge in [-0.3, -0.25) is 4.79 Å². The second-order valence-corrected chi connectivity index (χ2v) is 6.58. The molecule has 1 aliphatic rings. The number of nitrogens with zero attached hydrogens (tertiary/aromatic N) is 1. The maximum Gasteiger partial charge on any atom is 0.305 e. The molecule has 1 amide bonds. The molecule has 0 bridgehead atoms. The minimum absolute atomic E-state index is 0.0777. The van der Waals surface area contributed by atoms with E-state index >= 15 is 0 Å². The van der Waals surface area contributed by atoms with Crippen LogP contribution in [0.1, 0.15) is 32.3 Å². The third kappa shape index (κ3) is 2.64. The average molecular weight is 282 g/mol. The second-order valence-electron chi connectivity index (χ2n) is 4.99. The van der Waals surface area contributed by atoms with E-state index in [-0.39, 0.29) is 12.5 Å². The van der Waals surface area contributed by atoms with Crippen molar-refractivity contribution >= 4 is 16.1 Å². The Bertz CT molecular complexity index is 571. The summed E-state index contributed by atoms with van der Waals surface area (Å²) in [7, 11) is -3.73. The molecule has 5 nitrogen and oxygen atoms in total. The molecule has 0 radical (unpaired) electrons. The first-order chi connectivity index (χ1) is 8.89. The topological polar surface area (TPSA) is 66.5 Å². The summed E-state index contributed by atoms with van der Waals surface area (Å²) in [4.78, 5) is 12.3. The van der Waals surface area contributed by atoms with Crippen LogP contribution in [0.4, 0.5) is 0 Å². The highest BCUT2D eigenvalue weighted by Gasteiger charge is 2.50. The number of hydrogen-bond acceptors (Lipinski definition) is 3. The molecule has 0 spiro atoms. The Morgan fingerprint density at radius 1 is 1.26 bits per heavy atom. The molecular formula is C13H18N2O3S. The lowest BCUT2D eigenvalue weighted by Gasteiger charge is -2.19. The molecule has 6 heteroatoms. The molecule has 1 atom stereocenters. The van der Waals surface area contributed by atoms with Gasteiger partial charge in [-0.25, -0.2) is 4.31 Å². The fourth-order valence-electron chi connectivity index (χ4n) is 2.33. The van der Waals surface area contributed by atoms with Gasteiger partial charge in [-0.15, -0.1) is 0 Å². The molecule has 0 saturated carbocycles. The molecule has 1 aromatic rings. The lowest BCUT2D eigenvalue weighted by atomic mass is 9.96. The first-order valence-electron chi connectivity index (χ1n) is 6.29. The van der Waals surface area contributed by atoms with Crippen LogP contribution in [-0.2, 0) is 21.5 Å². The van der Waals surface area contributed by atoms with Crippen LogP contribution in [-0.4, -0.2) is 24.2 Å². The molecule has 1 aliphatic heterocycles. The summed E-state index contributed by atoms with van der Waals surface area (Å²) < 4.78 is 27.5. The zero-order chi connectivity index (χ0) is 14.1. The monoisotopic (exact) mass is 282 g/mol. The van der Waals surface area contributed by atoms with Crippen LogP contribution >= 0.6 is 0 Å². The van der Waals surface area contributed by atoms with Gasteiger partial charge in [-0.2, -0.15) is 13.1 Å². The Kier molecular flexibility index (Phi) is 3.64. The highest BCUT2D eigenvalue weighted by Crippen LogP contribution is 2.27. The van der Waals surface area contributed by atoms with Crippen LogP contribution in [0.2, 0.25) is 0 Å². The van der Waals surface area contributed by atoms with E-state index < -0.39 is 15.7 Å². The summed E-state index contributed by atoms with van der Waals surface area (Å²) in [6, 6.07) is 9.10. The number of carbonyl (C=O) groups is 1. The van der Waals surface area contributed by atoms with Crippen molar-refractivity contribution in [2.45, 2.75) is 38.8 Å². The van der Waals surface area contributed by atoms with E-state index in [1.807, 2.05) is 25.1 Å². The van der Waals surface area contributed by atoms with E-state index in [0.29, 0.717) is 6.42 Å². The van der Waals surface area contributed by atoms with Crippen LogP contribution in [0, 0.1) is 0 Å². The number of rotatable bonds is 4. The molecule has 2 rings (SSSR count). The Morgan fingerprint density at radius 2 is 1.89 bits per heavy atom. The van der Waals surface area contributed by atoms with Crippen LogP contribution in [0.3, 0.4) is 0 Å². The quantitative estimate of drug-likeness (QED) is 0.908. The molecule has 1 unspecified atom stereocenters. The van der Waals surface area contributed by atoms with Crippen LogP contribution in [0.25, 0.3) is 0 Å². The number of nitrogens with one attached hydrogen (secondary N) is 1. The van der Waals surface area contributed by atoms with Gasteiger partial charge in [0.2, 0.25) is 0 Å². The Labute approximate surface area is 113 Å². The number of amides is 1. The van der Waals surface area contributed by atoms with Crippen LogP contribution in [0.15, 0.2) is 30.3 Å². The van der Waals surface area contributed by atoms with Gasteiger partial charge >= 0.3 is 10.2 Å². The van der Waals surface area contributed by atoms with Gasteiger partial charge in [0.05, 0.1) is 6.54 Å². The smallest absolute Gasteiger partial charge is 0.272 e. The third-order valence-corrected chi connectivity index (χ3v) is 4.85. The molecule has 19 heavy (non-hydrogen) atoms. The molecule has 1 fully saturated rings. The highest BCUT2D eigenvalue weighted by molar-refractivity contribution is 7.88. The van der Waals surface area contributed by atoms with Gasteiger partial charge in [0, 0.05) is 0 Å². The van der Waals surface area contributed by atoms with Gasteiger partial charge in [-0.1, -0.05) is 43.7 Å². The maximum atomic E-state index is 12.3. The predicted octanol–water partition coefficient (Wildman–Crippen LogP) is 1.42. The van der Waals surface area contributed by atoms with Crippen molar-refractivity contribution in [1.82, 2.24) is 9.03 Å². The lowest BCUT2D eigenvalue weighted by molar-refractivity contribution is -0.130. The van der Waals surface area contributed by atoms with Crippen molar-refractivity contribution in [3.63, 3.8) is 0 Å². The average Bonchev–Trinajstić information content (AvgIpc) is 2.51. The summed E-state index contributed by atoms with van der Waals surface area (Å²) in [5.74, 6) is -0.377. The Balaban J connectivity index is 2.28. The SMILES string of the molecule is CCCC1(C)NS(=O)(=O)N(Cc2ccccc2)C1=O. The van der Waals surface area contributed by atoms with Gasteiger partial charge in [-0.05, 0) is 18.9 Å². The highest BCUT2D eigenvalue weighted by atomic mass is 32.2. The summed E-state index contributed by atoms with van der Waals surface area (Å²) in [6.45, 7) is 3.64. The molecule has 0 aromatic heterocycles. The Morgan fingerprint density at radius 3 is 2.47 bits per heavy atom. The minimum Gasteiger partial charge on any atom is -0.272 e. The van der Waals surface area contributed by atoms with E-state index in [4.69, 9.17) is 0 Å². The normalized spacial score (nSPS) is 25.8.